The van der Waals surface area contributed by atoms with Crippen molar-refractivity contribution in [3.8, 4) is 0 Å². The minimum absolute atomic E-state index is 0.0191. The van der Waals surface area contributed by atoms with Crippen LogP contribution in [0.5, 0.6) is 0 Å². The SMILES string of the molecule is CCO[C@H]1C[C@@](CO)(NC(=O)c2ccc(COC)o2)C1(C)C. The average molecular weight is 311 g/mol. The molecule has 22 heavy (non-hydrogen) atoms. The summed E-state index contributed by atoms with van der Waals surface area (Å²) in [6.45, 7) is 6.71. The molecule has 0 bridgehead atoms. The van der Waals surface area contributed by atoms with Crippen LogP contribution in [0.25, 0.3) is 0 Å². The number of hydrogen-bond acceptors (Lipinski definition) is 5. The van der Waals surface area contributed by atoms with Crippen LogP contribution < -0.4 is 5.32 Å². The van der Waals surface area contributed by atoms with Gasteiger partial charge in [0.05, 0.1) is 18.2 Å². The number of nitrogens with one attached hydrogen (secondary N) is 1. The van der Waals surface area contributed by atoms with E-state index in [4.69, 9.17) is 13.9 Å². The molecule has 1 saturated carbocycles. The molecule has 2 N–H and O–H groups in total. The lowest BCUT2D eigenvalue weighted by atomic mass is 9.54. The number of rotatable bonds is 7. The van der Waals surface area contributed by atoms with E-state index in [1.165, 1.54) is 0 Å². The Morgan fingerprint density at radius 3 is 2.77 bits per heavy atom. The first-order valence-corrected chi connectivity index (χ1v) is 7.53. The highest BCUT2D eigenvalue weighted by Crippen LogP contribution is 2.51. The second-order valence-electron chi connectivity index (χ2n) is 6.26. The summed E-state index contributed by atoms with van der Waals surface area (Å²) in [6.07, 6.45) is 0.604. The quantitative estimate of drug-likeness (QED) is 0.801. The molecule has 0 saturated heterocycles. The van der Waals surface area contributed by atoms with Crippen LogP contribution in [0.2, 0.25) is 0 Å². The van der Waals surface area contributed by atoms with Crippen LogP contribution in [0.4, 0.5) is 0 Å². The van der Waals surface area contributed by atoms with E-state index in [1.54, 1.807) is 19.2 Å². The molecule has 0 unspecified atom stereocenters. The Bertz CT molecular complexity index is 524. The first-order chi connectivity index (χ1) is 10.4. The lowest BCUT2D eigenvalue weighted by molar-refractivity contribution is -0.172. The number of carbonyl (C=O) groups excluding carboxylic acids is 1. The number of methoxy groups -OCH3 is 1. The molecular formula is C16H25NO5. The van der Waals surface area contributed by atoms with Gasteiger partial charge in [0.15, 0.2) is 5.76 Å². The third kappa shape index (κ3) is 2.78. The standard InChI is InChI=1S/C16H25NO5/c1-5-21-13-8-16(10-18,15(13,2)3)17-14(19)12-7-6-11(22-12)9-20-4/h6-7,13,18H,5,8-10H2,1-4H3,(H,17,19)/t13-,16-/m0/s1. The van der Waals surface area contributed by atoms with E-state index in [1.807, 2.05) is 20.8 Å². The number of aliphatic hydroxyl groups excluding tert-OH is 1. The highest BCUT2D eigenvalue weighted by atomic mass is 16.5. The van der Waals surface area contributed by atoms with Crippen molar-refractivity contribution in [2.75, 3.05) is 20.3 Å². The Balaban J connectivity index is 2.08. The molecular weight excluding hydrogens is 286 g/mol. The number of hydrogen-bond donors (Lipinski definition) is 2. The Labute approximate surface area is 130 Å². The minimum atomic E-state index is -0.696. The van der Waals surface area contributed by atoms with Crippen molar-refractivity contribution in [1.82, 2.24) is 5.32 Å². The fourth-order valence-electron chi connectivity index (χ4n) is 3.00. The van der Waals surface area contributed by atoms with Crippen LogP contribution in [-0.4, -0.2) is 43.0 Å². The fraction of sp³-hybridized carbons (Fsp3) is 0.688. The largest absolute Gasteiger partial charge is 0.453 e. The molecule has 2 rings (SSSR count). The van der Waals surface area contributed by atoms with Gasteiger partial charge < -0.3 is 24.3 Å². The van der Waals surface area contributed by atoms with Gasteiger partial charge in [0.1, 0.15) is 12.4 Å². The van der Waals surface area contributed by atoms with Gasteiger partial charge in [0.2, 0.25) is 0 Å². The molecule has 6 nitrogen and oxygen atoms in total. The van der Waals surface area contributed by atoms with E-state index in [2.05, 4.69) is 5.32 Å². The van der Waals surface area contributed by atoms with Crippen LogP contribution in [-0.2, 0) is 16.1 Å². The van der Waals surface area contributed by atoms with E-state index >= 15 is 0 Å². The summed E-state index contributed by atoms with van der Waals surface area (Å²) in [7, 11) is 1.56. The zero-order valence-electron chi connectivity index (χ0n) is 13.6. The molecule has 6 heteroatoms. The molecule has 1 aromatic heterocycles. The normalized spacial score (nSPS) is 26.5. The summed E-state index contributed by atoms with van der Waals surface area (Å²) in [5.74, 6) is 0.473. The van der Waals surface area contributed by atoms with Gasteiger partial charge in [-0.25, -0.2) is 0 Å². The van der Waals surface area contributed by atoms with Crippen LogP contribution >= 0.6 is 0 Å². The first kappa shape index (κ1) is 17.0. The van der Waals surface area contributed by atoms with Crippen molar-refractivity contribution in [3.63, 3.8) is 0 Å². The van der Waals surface area contributed by atoms with Crippen LogP contribution in [0.3, 0.4) is 0 Å². The molecule has 0 aromatic carbocycles. The van der Waals surface area contributed by atoms with Gasteiger partial charge in [-0.15, -0.1) is 0 Å². The summed E-state index contributed by atoms with van der Waals surface area (Å²) in [5, 5.41) is 12.7. The average Bonchev–Trinajstić information content (AvgIpc) is 2.94. The zero-order chi connectivity index (χ0) is 16.4. The van der Waals surface area contributed by atoms with E-state index in [-0.39, 0.29) is 29.8 Å². The summed E-state index contributed by atoms with van der Waals surface area (Å²) >= 11 is 0. The first-order valence-electron chi connectivity index (χ1n) is 7.53. The minimum Gasteiger partial charge on any atom is -0.453 e. The van der Waals surface area contributed by atoms with Gasteiger partial charge in [0.25, 0.3) is 5.91 Å². The number of amides is 1. The number of ether oxygens (including phenoxy) is 2. The summed E-state index contributed by atoms with van der Waals surface area (Å²) in [6, 6.07) is 3.32. The monoisotopic (exact) mass is 311 g/mol. The van der Waals surface area contributed by atoms with Crippen molar-refractivity contribution in [3.05, 3.63) is 23.7 Å². The molecule has 124 valence electrons. The summed E-state index contributed by atoms with van der Waals surface area (Å²) in [5.41, 5.74) is -1.05. The summed E-state index contributed by atoms with van der Waals surface area (Å²) in [4.78, 5) is 12.4. The third-order valence-electron chi connectivity index (χ3n) is 4.73. The topological polar surface area (TPSA) is 80.9 Å². The molecule has 0 spiro atoms. The van der Waals surface area contributed by atoms with Crippen molar-refractivity contribution >= 4 is 5.91 Å². The van der Waals surface area contributed by atoms with Crippen LogP contribution in [0, 0.1) is 5.41 Å². The Kier molecular flexibility index (Phi) is 4.94. The van der Waals surface area contributed by atoms with Gasteiger partial charge in [0, 0.05) is 25.6 Å². The van der Waals surface area contributed by atoms with E-state index < -0.39 is 5.54 Å². The van der Waals surface area contributed by atoms with Gasteiger partial charge in [-0.2, -0.15) is 0 Å². The lowest BCUT2D eigenvalue weighted by Gasteiger charge is -2.60. The maximum absolute atomic E-state index is 12.4. The molecule has 0 radical (unpaired) electrons. The molecule has 1 heterocycles. The molecule has 1 aliphatic rings. The van der Waals surface area contributed by atoms with Crippen LogP contribution in [0.1, 0.15) is 43.5 Å². The highest BCUT2D eigenvalue weighted by Gasteiger charge is 2.61. The maximum atomic E-state index is 12.4. The Morgan fingerprint density at radius 1 is 1.50 bits per heavy atom. The molecule has 0 aliphatic heterocycles. The van der Waals surface area contributed by atoms with Gasteiger partial charge >= 0.3 is 0 Å². The molecule has 1 amide bonds. The fourth-order valence-corrected chi connectivity index (χ4v) is 3.00. The number of furan rings is 1. The van der Waals surface area contributed by atoms with Crippen molar-refractivity contribution in [1.29, 1.82) is 0 Å². The third-order valence-corrected chi connectivity index (χ3v) is 4.73. The molecule has 1 aliphatic carbocycles. The molecule has 2 atom stereocenters. The maximum Gasteiger partial charge on any atom is 0.287 e. The van der Waals surface area contributed by atoms with E-state index in [0.717, 1.165) is 0 Å². The smallest absolute Gasteiger partial charge is 0.287 e. The Morgan fingerprint density at radius 2 is 2.23 bits per heavy atom. The Hall–Kier alpha value is -1.37. The van der Waals surface area contributed by atoms with Gasteiger partial charge in [-0.3, -0.25) is 4.79 Å². The van der Waals surface area contributed by atoms with Gasteiger partial charge in [-0.05, 0) is 19.1 Å². The zero-order valence-corrected chi connectivity index (χ0v) is 13.6. The lowest BCUT2D eigenvalue weighted by Crippen LogP contribution is -2.74. The van der Waals surface area contributed by atoms with Crippen molar-refractivity contribution in [2.45, 2.75) is 45.4 Å². The van der Waals surface area contributed by atoms with E-state index in [0.29, 0.717) is 25.4 Å². The number of carbonyl (C=O) groups is 1. The highest BCUT2D eigenvalue weighted by molar-refractivity contribution is 5.92. The van der Waals surface area contributed by atoms with Crippen LogP contribution in [0.15, 0.2) is 16.5 Å². The second-order valence-corrected chi connectivity index (χ2v) is 6.26. The predicted molar refractivity (Wildman–Crippen MR) is 80.5 cm³/mol. The summed E-state index contributed by atoms with van der Waals surface area (Å²) < 4.78 is 16.1. The number of aliphatic hydroxyl groups is 1. The molecule has 1 fully saturated rings. The van der Waals surface area contributed by atoms with Crippen molar-refractivity contribution < 1.29 is 23.8 Å². The second kappa shape index (κ2) is 6.40. The van der Waals surface area contributed by atoms with Crippen molar-refractivity contribution in [2.24, 2.45) is 5.41 Å². The van der Waals surface area contributed by atoms with Gasteiger partial charge in [-0.1, -0.05) is 13.8 Å². The van der Waals surface area contributed by atoms with E-state index in [9.17, 15) is 9.90 Å². The molecule has 1 aromatic rings. The predicted octanol–water partition coefficient (Wildman–Crippen LogP) is 1.72.